The molecule has 2 N–H and O–H groups in total. The Bertz CT molecular complexity index is 923. The smallest absolute Gasteiger partial charge is 0.307 e. The molecule has 2 aromatic rings. The molecule has 2 bridgehead atoms. The number of hydrogen-bond donors (Lipinski definition) is 2. The molecule has 4 rings (SSSR count). The maximum atomic E-state index is 13.2. The van der Waals surface area contributed by atoms with E-state index in [-0.39, 0.29) is 23.7 Å². The summed E-state index contributed by atoms with van der Waals surface area (Å²) in [6.45, 7) is 4.62. The van der Waals surface area contributed by atoms with Gasteiger partial charge in [0.1, 0.15) is 0 Å². The molecule has 0 aromatic heterocycles. The van der Waals surface area contributed by atoms with Gasteiger partial charge in [0.2, 0.25) is 5.91 Å². The number of fused-ring (bicyclic) bond motifs is 2. The minimum absolute atomic E-state index is 0.0182. The summed E-state index contributed by atoms with van der Waals surface area (Å²) in [5.41, 5.74) is 4.84. The second kappa shape index (κ2) is 9.09. The molecule has 0 radical (unpaired) electrons. The average Bonchev–Trinajstić information content (AvgIpc) is 3.34. The van der Waals surface area contributed by atoms with Crippen LogP contribution >= 0.6 is 0 Å². The molecule has 0 saturated heterocycles. The van der Waals surface area contributed by atoms with E-state index in [0.29, 0.717) is 6.54 Å². The van der Waals surface area contributed by atoms with Crippen LogP contribution in [-0.4, -0.2) is 23.5 Å². The van der Waals surface area contributed by atoms with E-state index in [2.05, 4.69) is 29.6 Å². The molecule has 2 saturated carbocycles. The molecule has 4 heteroatoms. The van der Waals surface area contributed by atoms with Crippen molar-refractivity contribution in [2.75, 3.05) is 6.54 Å². The molecule has 2 aliphatic carbocycles. The zero-order valence-electron chi connectivity index (χ0n) is 18.3. The fourth-order valence-corrected chi connectivity index (χ4v) is 5.96. The lowest BCUT2D eigenvalue weighted by Crippen LogP contribution is -2.41. The number of carboxylic acids is 1. The lowest BCUT2D eigenvalue weighted by molar-refractivity contribution is -0.149. The summed E-state index contributed by atoms with van der Waals surface area (Å²) in [4.78, 5) is 25.2. The zero-order chi connectivity index (χ0) is 22.0. The Morgan fingerprint density at radius 2 is 1.42 bits per heavy atom. The Hall–Kier alpha value is -2.88. The Labute approximate surface area is 184 Å². The molecule has 4 atom stereocenters. The van der Waals surface area contributed by atoms with Crippen molar-refractivity contribution in [3.8, 4) is 0 Å². The summed E-state index contributed by atoms with van der Waals surface area (Å²) in [6, 6.07) is 20.7. The highest BCUT2D eigenvalue weighted by molar-refractivity contribution is 5.87. The summed E-state index contributed by atoms with van der Waals surface area (Å²) >= 11 is 0. The molecule has 2 aromatic carbocycles. The van der Waals surface area contributed by atoms with Gasteiger partial charge in [-0.25, -0.2) is 0 Å². The number of rotatable bonds is 7. The standard InChI is InChI=1S/C27H31NO3/c1-17(2)23-21-13-14-22(23)25(27(30)31)24(21)26(29)28-16-15-20(18-9-5-3-6-10-18)19-11-7-4-8-12-19/h3-12,20-22,24-25H,13-16H2,1-2H3,(H,28,29)(H,30,31)/t21-,22-,24+,25-/m1/s1. The van der Waals surface area contributed by atoms with E-state index >= 15 is 0 Å². The van der Waals surface area contributed by atoms with Crippen molar-refractivity contribution in [1.82, 2.24) is 5.32 Å². The van der Waals surface area contributed by atoms with Gasteiger partial charge < -0.3 is 10.4 Å². The number of carboxylic acid groups (broad SMARTS) is 1. The number of hydrogen-bond acceptors (Lipinski definition) is 2. The van der Waals surface area contributed by atoms with Crippen LogP contribution in [0.2, 0.25) is 0 Å². The molecule has 0 spiro atoms. The first kappa shape index (κ1) is 21.4. The number of benzene rings is 2. The third kappa shape index (κ3) is 4.16. The Kier molecular flexibility index (Phi) is 6.26. The molecule has 0 heterocycles. The van der Waals surface area contributed by atoms with Crippen LogP contribution in [0.4, 0.5) is 0 Å². The Morgan fingerprint density at radius 1 is 0.903 bits per heavy atom. The van der Waals surface area contributed by atoms with Crippen molar-refractivity contribution >= 4 is 11.9 Å². The van der Waals surface area contributed by atoms with E-state index in [9.17, 15) is 14.7 Å². The summed E-state index contributed by atoms with van der Waals surface area (Å²) in [5, 5.41) is 13.0. The summed E-state index contributed by atoms with van der Waals surface area (Å²) < 4.78 is 0. The van der Waals surface area contributed by atoms with Crippen LogP contribution in [-0.2, 0) is 9.59 Å². The third-order valence-corrected chi connectivity index (χ3v) is 7.14. The van der Waals surface area contributed by atoms with Crippen LogP contribution in [0.15, 0.2) is 71.8 Å². The molecular weight excluding hydrogens is 386 g/mol. The predicted octanol–water partition coefficient (Wildman–Crippen LogP) is 5.02. The van der Waals surface area contributed by atoms with Gasteiger partial charge in [-0.15, -0.1) is 0 Å². The first-order valence-corrected chi connectivity index (χ1v) is 11.3. The van der Waals surface area contributed by atoms with Crippen molar-refractivity contribution in [2.24, 2.45) is 23.7 Å². The molecule has 4 nitrogen and oxygen atoms in total. The van der Waals surface area contributed by atoms with Gasteiger partial charge in [0.15, 0.2) is 0 Å². The van der Waals surface area contributed by atoms with Gasteiger partial charge in [-0.1, -0.05) is 71.8 Å². The lowest BCUT2D eigenvalue weighted by Gasteiger charge is -2.27. The molecule has 2 fully saturated rings. The monoisotopic (exact) mass is 417 g/mol. The van der Waals surface area contributed by atoms with Gasteiger partial charge in [-0.2, -0.15) is 0 Å². The van der Waals surface area contributed by atoms with Crippen LogP contribution in [0.3, 0.4) is 0 Å². The van der Waals surface area contributed by atoms with E-state index < -0.39 is 17.8 Å². The molecule has 0 aliphatic heterocycles. The highest BCUT2D eigenvalue weighted by Crippen LogP contribution is 2.57. The van der Waals surface area contributed by atoms with E-state index in [0.717, 1.165) is 19.3 Å². The van der Waals surface area contributed by atoms with Crippen LogP contribution in [0.5, 0.6) is 0 Å². The molecule has 1 amide bonds. The number of allylic oxidation sites excluding steroid dienone is 2. The van der Waals surface area contributed by atoms with Gasteiger partial charge in [0.05, 0.1) is 11.8 Å². The molecule has 31 heavy (non-hydrogen) atoms. The maximum absolute atomic E-state index is 13.2. The predicted molar refractivity (Wildman–Crippen MR) is 122 cm³/mol. The van der Waals surface area contributed by atoms with Gasteiger partial charge in [0.25, 0.3) is 0 Å². The van der Waals surface area contributed by atoms with E-state index in [1.807, 2.05) is 50.2 Å². The molecule has 162 valence electrons. The second-order valence-corrected chi connectivity index (χ2v) is 9.09. The van der Waals surface area contributed by atoms with Crippen LogP contribution in [0.1, 0.15) is 50.2 Å². The first-order valence-electron chi connectivity index (χ1n) is 11.3. The van der Waals surface area contributed by atoms with E-state index in [4.69, 9.17) is 0 Å². The van der Waals surface area contributed by atoms with Crippen LogP contribution in [0, 0.1) is 23.7 Å². The zero-order valence-corrected chi connectivity index (χ0v) is 18.3. The molecular formula is C27H31NO3. The minimum Gasteiger partial charge on any atom is -0.481 e. The normalized spacial score (nSPS) is 24.4. The Morgan fingerprint density at radius 3 is 1.90 bits per heavy atom. The third-order valence-electron chi connectivity index (χ3n) is 7.14. The quantitative estimate of drug-likeness (QED) is 0.622. The number of nitrogens with one attached hydrogen (secondary N) is 1. The number of amides is 1. The first-order chi connectivity index (χ1) is 15.0. The number of carbonyl (C=O) groups excluding carboxylic acids is 1. The minimum atomic E-state index is -0.836. The highest BCUT2D eigenvalue weighted by atomic mass is 16.4. The SMILES string of the molecule is CC(C)=C1[C@H]2CC[C@H]1[C@@H](C(=O)O)[C@H]2C(=O)NCCC(c1ccccc1)c1ccccc1. The lowest BCUT2D eigenvalue weighted by atomic mass is 9.78. The van der Waals surface area contributed by atoms with Crippen molar-refractivity contribution in [2.45, 2.75) is 39.0 Å². The molecule has 0 unspecified atom stereocenters. The summed E-state index contributed by atoms with van der Waals surface area (Å²) in [6.07, 6.45) is 2.58. The number of carbonyl (C=O) groups is 2. The fourth-order valence-electron chi connectivity index (χ4n) is 5.96. The van der Waals surface area contributed by atoms with Crippen molar-refractivity contribution in [1.29, 1.82) is 0 Å². The second-order valence-electron chi connectivity index (χ2n) is 9.09. The van der Waals surface area contributed by atoms with Crippen molar-refractivity contribution in [3.05, 3.63) is 82.9 Å². The van der Waals surface area contributed by atoms with Crippen molar-refractivity contribution < 1.29 is 14.7 Å². The van der Waals surface area contributed by atoms with Gasteiger partial charge >= 0.3 is 5.97 Å². The van der Waals surface area contributed by atoms with Crippen molar-refractivity contribution in [3.63, 3.8) is 0 Å². The summed E-state index contributed by atoms with van der Waals surface area (Å²) in [5.74, 6) is -1.70. The number of aliphatic carboxylic acids is 1. The van der Waals surface area contributed by atoms with Gasteiger partial charge in [-0.3, -0.25) is 9.59 Å². The topological polar surface area (TPSA) is 66.4 Å². The maximum Gasteiger partial charge on any atom is 0.307 e. The average molecular weight is 418 g/mol. The summed E-state index contributed by atoms with van der Waals surface area (Å²) in [7, 11) is 0. The van der Waals surface area contributed by atoms with E-state index in [1.165, 1.54) is 22.3 Å². The molecule has 2 aliphatic rings. The van der Waals surface area contributed by atoms with Crippen LogP contribution < -0.4 is 5.32 Å². The fraction of sp³-hybridized carbons (Fsp3) is 0.407. The van der Waals surface area contributed by atoms with Gasteiger partial charge in [0, 0.05) is 12.5 Å². The van der Waals surface area contributed by atoms with Crippen LogP contribution in [0.25, 0.3) is 0 Å². The largest absolute Gasteiger partial charge is 0.481 e. The highest BCUT2D eigenvalue weighted by Gasteiger charge is 2.57. The van der Waals surface area contributed by atoms with E-state index in [1.54, 1.807) is 0 Å². The Balaban J connectivity index is 1.48. The van der Waals surface area contributed by atoms with Gasteiger partial charge in [-0.05, 0) is 56.1 Å².